The van der Waals surface area contributed by atoms with Gasteiger partial charge < -0.3 is 14.4 Å². The topological polar surface area (TPSA) is 90.0 Å². The van der Waals surface area contributed by atoms with Gasteiger partial charge in [0.25, 0.3) is 0 Å². The van der Waals surface area contributed by atoms with Crippen LogP contribution in [0.5, 0.6) is 0 Å². The maximum atomic E-state index is 12.7. The van der Waals surface area contributed by atoms with Gasteiger partial charge in [0.2, 0.25) is 0 Å². The molecule has 1 amide bonds. The summed E-state index contributed by atoms with van der Waals surface area (Å²) in [5.41, 5.74) is 1.07. The Morgan fingerprint density at radius 2 is 1.94 bits per heavy atom. The standard InChI is InChI=1S/C24H31NO6/c1-4-5-11-21(27)12-13-22(28)23(31-18(3)26)17(2)15-25-20(16-30-24(25)29)14-19-9-7-6-8-10-19/h6-10,12-13,17,20,23H,4-5,11,14-16H2,1-3H3/b13-12+/t17-,20+,23+/m1/s1. The number of esters is 1. The Hall–Kier alpha value is -2.96. The largest absolute Gasteiger partial charge is 0.454 e. The molecular formula is C24H31NO6. The smallest absolute Gasteiger partial charge is 0.410 e. The fraction of sp³-hybridized carbons (Fsp3) is 0.500. The number of hydrogen-bond donors (Lipinski definition) is 0. The average molecular weight is 430 g/mol. The molecule has 1 fully saturated rings. The first-order valence-electron chi connectivity index (χ1n) is 10.7. The van der Waals surface area contributed by atoms with Crippen molar-refractivity contribution in [2.75, 3.05) is 13.2 Å². The van der Waals surface area contributed by atoms with Crippen molar-refractivity contribution in [3.8, 4) is 0 Å². The van der Waals surface area contributed by atoms with E-state index in [9.17, 15) is 19.2 Å². The van der Waals surface area contributed by atoms with Crippen LogP contribution in [0.4, 0.5) is 4.79 Å². The molecule has 3 atom stereocenters. The van der Waals surface area contributed by atoms with Gasteiger partial charge in [-0.2, -0.15) is 0 Å². The van der Waals surface area contributed by atoms with Crippen molar-refractivity contribution in [3.63, 3.8) is 0 Å². The average Bonchev–Trinajstić information content (AvgIpc) is 3.08. The van der Waals surface area contributed by atoms with E-state index in [1.54, 1.807) is 11.8 Å². The second-order valence-corrected chi connectivity index (χ2v) is 7.89. The number of hydrogen-bond acceptors (Lipinski definition) is 6. The van der Waals surface area contributed by atoms with E-state index in [0.29, 0.717) is 12.8 Å². The van der Waals surface area contributed by atoms with Gasteiger partial charge in [-0.3, -0.25) is 14.4 Å². The molecule has 0 saturated carbocycles. The van der Waals surface area contributed by atoms with E-state index in [-0.39, 0.29) is 25.0 Å². The lowest BCUT2D eigenvalue weighted by atomic mass is 9.97. The SMILES string of the molecule is CCCCC(=O)/C=C/C(=O)[C@@H](OC(C)=O)[C@H](C)CN1C(=O)OC[C@@H]1Cc1ccccc1. The number of nitrogens with zero attached hydrogens (tertiary/aromatic N) is 1. The van der Waals surface area contributed by atoms with Gasteiger partial charge in [-0.25, -0.2) is 4.79 Å². The second-order valence-electron chi connectivity index (χ2n) is 7.89. The van der Waals surface area contributed by atoms with Crippen LogP contribution in [0.25, 0.3) is 0 Å². The number of benzene rings is 1. The van der Waals surface area contributed by atoms with Gasteiger partial charge >= 0.3 is 12.1 Å². The molecule has 0 aromatic heterocycles. The van der Waals surface area contributed by atoms with Gasteiger partial charge in [0.15, 0.2) is 17.7 Å². The predicted molar refractivity (Wildman–Crippen MR) is 115 cm³/mol. The van der Waals surface area contributed by atoms with Crippen molar-refractivity contribution in [1.29, 1.82) is 0 Å². The maximum Gasteiger partial charge on any atom is 0.410 e. The molecule has 1 heterocycles. The molecule has 1 saturated heterocycles. The molecule has 7 heteroatoms. The Bertz CT molecular complexity index is 804. The number of amides is 1. The van der Waals surface area contributed by atoms with Crippen LogP contribution in [-0.2, 0) is 30.3 Å². The first-order valence-corrected chi connectivity index (χ1v) is 10.7. The number of cyclic esters (lactones) is 1. The minimum absolute atomic E-state index is 0.143. The van der Waals surface area contributed by atoms with Gasteiger partial charge in [-0.15, -0.1) is 0 Å². The van der Waals surface area contributed by atoms with E-state index in [0.717, 1.165) is 18.4 Å². The number of allylic oxidation sites excluding steroid dienone is 1. The highest BCUT2D eigenvalue weighted by atomic mass is 16.6. The second kappa shape index (κ2) is 12.0. The summed E-state index contributed by atoms with van der Waals surface area (Å²) in [5.74, 6) is -1.69. The van der Waals surface area contributed by atoms with E-state index < -0.39 is 29.9 Å². The molecule has 7 nitrogen and oxygen atoms in total. The summed E-state index contributed by atoms with van der Waals surface area (Å²) >= 11 is 0. The molecular weight excluding hydrogens is 398 g/mol. The zero-order chi connectivity index (χ0) is 22.8. The van der Waals surface area contributed by atoms with Gasteiger partial charge in [0.1, 0.15) is 6.61 Å². The predicted octanol–water partition coefficient (Wildman–Crippen LogP) is 3.50. The molecule has 0 bridgehead atoms. The molecule has 0 spiro atoms. The highest BCUT2D eigenvalue weighted by molar-refractivity contribution is 6.01. The van der Waals surface area contributed by atoms with Crippen molar-refractivity contribution in [2.45, 2.75) is 58.6 Å². The number of carbonyl (C=O) groups is 4. The van der Waals surface area contributed by atoms with Crippen LogP contribution >= 0.6 is 0 Å². The van der Waals surface area contributed by atoms with Crippen molar-refractivity contribution < 1.29 is 28.7 Å². The molecule has 0 radical (unpaired) electrons. The van der Waals surface area contributed by atoms with E-state index >= 15 is 0 Å². The Morgan fingerprint density at radius 3 is 2.58 bits per heavy atom. The molecule has 0 aliphatic carbocycles. The lowest BCUT2D eigenvalue weighted by Crippen LogP contribution is -2.43. The van der Waals surface area contributed by atoms with Crippen LogP contribution < -0.4 is 0 Å². The zero-order valence-electron chi connectivity index (χ0n) is 18.4. The summed E-state index contributed by atoms with van der Waals surface area (Å²) < 4.78 is 10.5. The monoisotopic (exact) mass is 429 g/mol. The molecule has 0 unspecified atom stereocenters. The first kappa shape index (κ1) is 24.3. The van der Waals surface area contributed by atoms with Gasteiger partial charge in [-0.1, -0.05) is 50.6 Å². The molecule has 2 rings (SSSR count). The van der Waals surface area contributed by atoms with Crippen molar-refractivity contribution in [1.82, 2.24) is 4.90 Å². The normalized spacial score (nSPS) is 18.0. The number of carbonyl (C=O) groups excluding carboxylic acids is 4. The summed E-state index contributed by atoms with van der Waals surface area (Å²) in [4.78, 5) is 50.0. The van der Waals surface area contributed by atoms with Crippen LogP contribution in [0.2, 0.25) is 0 Å². The van der Waals surface area contributed by atoms with E-state index in [4.69, 9.17) is 9.47 Å². The van der Waals surface area contributed by atoms with Gasteiger partial charge in [0.05, 0.1) is 6.04 Å². The molecule has 1 aromatic rings. The van der Waals surface area contributed by atoms with Gasteiger partial charge in [-0.05, 0) is 30.6 Å². The summed E-state index contributed by atoms with van der Waals surface area (Å²) in [6, 6.07) is 9.59. The van der Waals surface area contributed by atoms with E-state index in [1.807, 2.05) is 37.3 Å². The number of ether oxygens (including phenoxy) is 2. The number of ketones is 2. The van der Waals surface area contributed by atoms with Crippen LogP contribution in [0.15, 0.2) is 42.5 Å². The van der Waals surface area contributed by atoms with Crippen molar-refractivity contribution in [3.05, 3.63) is 48.0 Å². The molecule has 31 heavy (non-hydrogen) atoms. The van der Waals surface area contributed by atoms with Crippen molar-refractivity contribution >= 4 is 23.6 Å². The van der Waals surface area contributed by atoms with Crippen LogP contribution in [0.3, 0.4) is 0 Å². The minimum atomic E-state index is -1.08. The minimum Gasteiger partial charge on any atom is -0.454 e. The first-order chi connectivity index (χ1) is 14.8. The molecule has 1 aliphatic heterocycles. The third kappa shape index (κ3) is 7.66. The van der Waals surface area contributed by atoms with Crippen LogP contribution in [-0.4, -0.2) is 53.8 Å². The highest BCUT2D eigenvalue weighted by Crippen LogP contribution is 2.21. The molecule has 1 aliphatic rings. The quantitative estimate of drug-likeness (QED) is 0.373. The maximum absolute atomic E-state index is 12.7. The van der Waals surface area contributed by atoms with E-state index in [1.165, 1.54) is 19.1 Å². The van der Waals surface area contributed by atoms with E-state index in [2.05, 4.69) is 0 Å². The summed E-state index contributed by atoms with van der Waals surface area (Å²) in [6.45, 7) is 5.40. The molecule has 1 aromatic carbocycles. The summed E-state index contributed by atoms with van der Waals surface area (Å²) in [5, 5.41) is 0. The Kier molecular flexibility index (Phi) is 9.43. The highest BCUT2D eigenvalue weighted by Gasteiger charge is 2.37. The third-order valence-corrected chi connectivity index (χ3v) is 5.17. The molecule has 168 valence electrons. The molecule has 0 N–H and O–H groups in total. The lowest BCUT2D eigenvalue weighted by Gasteiger charge is -2.28. The lowest BCUT2D eigenvalue weighted by molar-refractivity contribution is -0.154. The van der Waals surface area contributed by atoms with Crippen LogP contribution in [0.1, 0.15) is 45.6 Å². The fourth-order valence-corrected chi connectivity index (χ4v) is 3.51. The van der Waals surface area contributed by atoms with Gasteiger partial charge in [0, 0.05) is 25.8 Å². The van der Waals surface area contributed by atoms with Crippen LogP contribution in [0, 0.1) is 5.92 Å². The number of rotatable bonds is 12. The van der Waals surface area contributed by atoms with Crippen molar-refractivity contribution in [2.24, 2.45) is 5.92 Å². The summed E-state index contributed by atoms with van der Waals surface area (Å²) in [6.07, 6.45) is 3.50. The summed E-state index contributed by atoms with van der Waals surface area (Å²) in [7, 11) is 0. The zero-order valence-corrected chi connectivity index (χ0v) is 18.4. The Balaban J connectivity index is 2.07. The Morgan fingerprint density at radius 1 is 1.23 bits per heavy atom. The Labute approximate surface area is 183 Å². The number of unbranched alkanes of at least 4 members (excludes halogenated alkanes) is 1. The fourth-order valence-electron chi connectivity index (χ4n) is 3.51. The third-order valence-electron chi connectivity index (χ3n) is 5.17.